The Bertz CT molecular complexity index is 657. The summed E-state index contributed by atoms with van der Waals surface area (Å²) in [6, 6.07) is 11.5. The lowest BCUT2D eigenvalue weighted by Crippen LogP contribution is -2.24. The number of hydrogen-bond acceptors (Lipinski definition) is 2. The molecule has 1 aliphatic heterocycles. The molecule has 0 amide bonds. The van der Waals surface area contributed by atoms with E-state index in [-0.39, 0.29) is 5.82 Å². The Hall–Kier alpha value is -1.30. The summed E-state index contributed by atoms with van der Waals surface area (Å²) >= 11 is 2.16. The molecule has 1 N–H and O–H groups in total. The van der Waals surface area contributed by atoms with Crippen LogP contribution in [0, 0.1) is 9.39 Å². The summed E-state index contributed by atoms with van der Waals surface area (Å²) in [5.74, 6) is -0.193. The molecule has 110 valence electrons. The average Bonchev–Trinajstić information content (AvgIpc) is 2.46. The zero-order chi connectivity index (χ0) is 14.8. The second kappa shape index (κ2) is 6.22. The molecule has 0 saturated heterocycles. The van der Waals surface area contributed by atoms with E-state index in [1.807, 2.05) is 0 Å². The highest BCUT2D eigenvalue weighted by Crippen LogP contribution is 2.27. The Labute approximate surface area is 138 Å². The number of anilines is 2. The Kier molecular flexibility index (Phi) is 4.33. The summed E-state index contributed by atoms with van der Waals surface area (Å²) in [5, 5.41) is 3.39. The summed E-state index contributed by atoms with van der Waals surface area (Å²) in [6.45, 7) is 1.90. The maximum absolute atomic E-state index is 13.1. The normalized spacial score (nSPS) is 14.0. The van der Waals surface area contributed by atoms with Gasteiger partial charge < -0.3 is 10.2 Å². The maximum Gasteiger partial charge on any atom is 0.124 e. The highest BCUT2D eigenvalue weighted by atomic mass is 127. The molecule has 4 heteroatoms. The minimum Gasteiger partial charge on any atom is -0.380 e. The monoisotopic (exact) mass is 396 g/mol. The van der Waals surface area contributed by atoms with Crippen molar-refractivity contribution in [3.8, 4) is 0 Å². The van der Waals surface area contributed by atoms with Gasteiger partial charge in [-0.2, -0.15) is 0 Å². The van der Waals surface area contributed by atoms with Crippen LogP contribution in [-0.4, -0.2) is 13.6 Å². The quantitative estimate of drug-likeness (QED) is 0.773. The molecule has 21 heavy (non-hydrogen) atoms. The molecule has 0 radical (unpaired) electrons. The van der Waals surface area contributed by atoms with Crippen molar-refractivity contribution in [1.29, 1.82) is 0 Å². The van der Waals surface area contributed by atoms with E-state index in [4.69, 9.17) is 0 Å². The molecule has 2 aromatic rings. The van der Waals surface area contributed by atoms with Crippen LogP contribution in [0.15, 0.2) is 36.4 Å². The molecular formula is C17H18FIN2. The van der Waals surface area contributed by atoms with E-state index in [0.717, 1.165) is 28.8 Å². The Morgan fingerprint density at radius 1 is 1.24 bits per heavy atom. The lowest BCUT2D eigenvalue weighted by Gasteiger charge is -2.28. The number of aryl methyl sites for hydroxylation is 1. The third-order valence-electron chi connectivity index (χ3n) is 3.91. The van der Waals surface area contributed by atoms with Gasteiger partial charge in [-0.25, -0.2) is 4.39 Å². The third kappa shape index (κ3) is 3.31. The molecule has 2 aromatic carbocycles. The van der Waals surface area contributed by atoms with Gasteiger partial charge in [-0.3, -0.25) is 0 Å². The van der Waals surface area contributed by atoms with Crippen LogP contribution in [-0.2, 0) is 13.0 Å². The smallest absolute Gasteiger partial charge is 0.124 e. The minimum atomic E-state index is -0.193. The number of fused-ring (bicyclic) bond motifs is 1. The van der Waals surface area contributed by atoms with Crippen LogP contribution in [0.5, 0.6) is 0 Å². The fourth-order valence-electron chi connectivity index (χ4n) is 2.78. The van der Waals surface area contributed by atoms with Crippen molar-refractivity contribution in [3.05, 3.63) is 56.9 Å². The van der Waals surface area contributed by atoms with Gasteiger partial charge in [0.2, 0.25) is 0 Å². The van der Waals surface area contributed by atoms with Gasteiger partial charge in [0.25, 0.3) is 0 Å². The standard InChI is InChI=1S/C17H18FIN2/c1-21-8-2-3-13-9-12(4-7-17(13)21)11-20-16-6-5-14(18)10-15(16)19/h4-7,9-10,20H,2-3,8,11H2,1H3. The first-order chi connectivity index (χ1) is 10.1. The lowest BCUT2D eigenvalue weighted by atomic mass is 9.99. The van der Waals surface area contributed by atoms with Crippen LogP contribution in [0.4, 0.5) is 15.8 Å². The molecule has 0 spiro atoms. The molecule has 0 saturated carbocycles. The van der Waals surface area contributed by atoms with Crippen LogP contribution in [0.2, 0.25) is 0 Å². The molecule has 0 bridgehead atoms. The van der Waals surface area contributed by atoms with E-state index in [0.29, 0.717) is 0 Å². The molecule has 0 aliphatic carbocycles. The van der Waals surface area contributed by atoms with Gasteiger partial charge in [-0.05, 0) is 70.8 Å². The van der Waals surface area contributed by atoms with Crippen molar-refractivity contribution >= 4 is 34.0 Å². The zero-order valence-electron chi connectivity index (χ0n) is 12.0. The number of benzene rings is 2. The van der Waals surface area contributed by atoms with Crippen molar-refractivity contribution in [2.75, 3.05) is 23.8 Å². The molecule has 3 rings (SSSR count). The van der Waals surface area contributed by atoms with E-state index in [2.05, 4.69) is 58.1 Å². The summed E-state index contributed by atoms with van der Waals surface area (Å²) in [7, 11) is 2.15. The third-order valence-corrected chi connectivity index (χ3v) is 4.80. The van der Waals surface area contributed by atoms with Gasteiger partial charge in [0, 0.05) is 35.1 Å². The predicted molar refractivity (Wildman–Crippen MR) is 94.5 cm³/mol. The fourth-order valence-corrected chi connectivity index (χ4v) is 3.45. The van der Waals surface area contributed by atoms with Crippen LogP contribution in [0.3, 0.4) is 0 Å². The lowest BCUT2D eigenvalue weighted by molar-refractivity contribution is 0.627. The van der Waals surface area contributed by atoms with Crippen LogP contribution < -0.4 is 10.2 Å². The van der Waals surface area contributed by atoms with E-state index in [1.54, 1.807) is 12.1 Å². The largest absolute Gasteiger partial charge is 0.380 e. The Balaban J connectivity index is 1.73. The molecule has 0 atom stereocenters. The van der Waals surface area contributed by atoms with Crippen LogP contribution in [0.25, 0.3) is 0 Å². The SMILES string of the molecule is CN1CCCc2cc(CNc3ccc(F)cc3I)ccc21. The van der Waals surface area contributed by atoms with Crippen molar-refractivity contribution < 1.29 is 4.39 Å². The first kappa shape index (κ1) is 14.6. The number of nitrogens with one attached hydrogen (secondary N) is 1. The number of nitrogens with zero attached hydrogens (tertiary/aromatic N) is 1. The van der Waals surface area contributed by atoms with Crippen molar-refractivity contribution in [3.63, 3.8) is 0 Å². The topological polar surface area (TPSA) is 15.3 Å². The highest BCUT2D eigenvalue weighted by Gasteiger charge is 2.13. The van der Waals surface area contributed by atoms with E-state index >= 15 is 0 Å². The van der Waals surface area contributed by atoms with Gasteiger partial charge in [0.15, 0.2) is 0 Å². The molecule has 2 nitrogen and oxygen atoms in total. The predicted octanol–water partition coefficient (Wildman–Crippen LogP) is 4.42. The van der Waals surface area contributed by atoms with E-state index in [1.165, 1.54) is 29.3 Å². The molecule has 0 unspecified atom stereocenters. The van der Waals surface area contributed by atoms with Crippen molar-refractivity contribution in [1.82, 2.24) is 0 Å². The minimum absolute atomic E-state index is 0.193. The summed E-state index contributed by atoms with van der Waals surface area (Å²) in [6.07, 6.45) is 2.37. The second-order valence-electron chi connectivity index (χ2n) is 5.47. The molecular weight excluding hydrogens is 378 g/mol. The summed E-state index contributed by atoms with van der Waals surface area (Å²) in [5.41, 5.74) is 5.02. The van der Waals surface area contributed by atoms with Gasteiger partial charge >= 0.3 is 0 Å². The second-order valence-corrected chi connectivity index (χ2v) is 6.63. The van der Waals surface area contributed by atoms with Gasteiger partial charge in [-0.1, -0.05) is 12.1 Å². The average molecular weight is 396 g/mol. The molecule has 1 heterocycles. The summed E-state index contributed by atoms with van der Waals surface area (Å²) in [4.78, 5) is 2.32. The fraction of sp³-hybridized carbons (Fsp3) is 0.294. The maximum atomic E-state index is 13.1. The van der Waals surface area contributed by atoms with E-state index < -0.39 is 0 Å². The van der Waals surface area contributed by atoms with Gasteiger partial charge in [0.1, 0.15) is 5.82 Å². The summed E-state index contributed by atoms with van der Waals surface area (Å²) < 4.78 is 14.0. The molecule has 0 aromatic heterocycles. The number of halogens is 2. The molecule has 1 aliphatic rings. The van der Waals surface area contributed by atoms with E-state index in [9.17, 15) is 4.39 Å². The van der Waals surface area contributed by atoms with Crippen LogP contribution >= 0.6 is 22.6 Å². The highest BCUT2D eigenvalue weighted by molar-refractivity contribution is 14.1. The van der Waals surface area contributed by atoms with Gasteiger partial charge in [-0.15, -0.1) is 0 Å². The first-order valence-electron chi connectivity index (χ1n) is 7.15. The zero-order valence-corrected chi connectivity index (χ0v) is 14.2. The van der Waals surface area contributed by atoms with Crippen molar-refractivity contribution in [2.45, 2.75) is 19.4 Å². The number of rotatable bonds is 3. The van der Waals surface area contributed by atoms with Crippen LogP contribution in [0.1, 0.15) is 17.5 Å². The molecule has 0 fully saturated rings. The number of hydrogen-bond donors (Lipinski definition) is 1. The Morgan fingerprint density at radius 2 is 2.10 bits per heavy atom. The van der Waals surface area contributed by atoms with Crippen molar-refractivity contribution in [2.24, 2.45) is 0 Å². The Morgan fingerprint density at radius 3 is 2.90 bits per heavy atom. The van der Waals surface area contributed by atoms with Gasteiger partial charge in [0.05, 0.1) is 0 Å². The first-order valence-corrected chi connectivity index (χ1v) is 8.23.